The molecule has 1 aliphatic heterocycles. The number of fused-ring (bicyclic) bond motifs is 1. The summed E-state index contributed by atoms with van der Waals surface area (Å²) in [5.74, 6) is 2.71. The number of rotatable bonds is 4. The van der Waals surface area contributed by atoms with Crippen LogP contribution < -0.4 is 15.4 Å². The number of ether oxygens (including phenoxy) is 1. The largest absolute Gasteiger partial charge is 0.491 e. The van der Waals surface area contributed by atoms with Crippen LogP contribution in [0.3, 0.4) is 0 Å². The van der Waals surface area contributed by atoms with E-state index < -0.39 is 0 Å². The van der Waals surface area contributed by atoms with Crippen LogP contribution in [0.5, 0.6) is 5.75 Å². The molecule has 3 rings (SSSR count). The third-order valence-corrected chi connectivity index (χ3v) is 3.13. The number of para-hydroxylation sites is 1. The van der Waals surface area contributed by atoms with Crippen LogP contribution in [-0.2, 0) is 0 Å². The van der Waals surface area contributed by atoms with Crippen molar-refractivity contribution in [3.05, 3.63) is 48.0 Å². The van der Waals surface area contributed by atoms with Gasteiger partial charge < -0.3 is 15.4 Å². The zero-order valence-electron chi connectivity index (χ0n) is 10.9. The molecule has 0 bridgehead atoms. The molecule has 98 valence electrons. The van der Waals surface area contributed by atoms with Gasteiger partial charge >= 0.3 is 0 Å². The van der Waals surface area contributed by atoms with Crippen molar-refractivity contribution in [1.29, 1.82) is 0 Å². The first-order valence-electron chi connectivity index (χ1n) is 6.56. The minimum Gasteiger partial charge on any atom is -0.491 e. The zero-order valence-corrected chi connectivity index (χ0v) is 10.9. The van der Waals surface area contributed by atoms with Crippen LogP contribution in [0.2, 0.25) is 0 Å². The lowest BCUT2D eigenvalue weighted by molar-refractivity contribution is 0.339. The van der Waals surface area contributed by atoms with Gasteiger partial charge in [0.1, 0.15) is 24.0 Å². The molecule has 0 fully saturated rings. The molecule has 0 amide bonds. The topological polar surface area (TPSA) is 46.2 Å². The van der Waals surface area contributed by atoms with Gasteiger partial charge in [-0.15, -0.1) is 0 Å². The Balaban J connectivity index is 1.77. The van der Waals surface area contributed by atoms with E-state index in [0.717, 1.165) is 23.9 Å². The van der Waals surface area contributed by atoms with Gasteiger partial charge in [-0.2, -0.15) is 0 Å². The molecule has 2 N–H and O–H groups in total. The van der Waals surface area contributed by atoms with Gasteiger partial charge in [0.25, 0.3) is 0 Å². The lowest BCUT2D eigenvalue weighted by Gasteiger charge is -2.13. The van der Waals surface area contributed by atoms with Gasteiger partial charge in [0.05, 0.1) is 6.04 Å². The summed E-state index contributed by atoms with van der Waals surface area (Å²) in [5, 5.41) is 6.63. The summed E-state index contributed by atoms with van der Waals surface area (Å²) in [6, 6.07) is 14.2. The Morgan fingerprint density at radius 3 is 2.89 bits per heavy atom. The highest BCUT2D eigenvalue weighted by Crippen LogP contribution is 2.33. The molecule has 1 unspecified atom stereocenters. The molecule has 1 aliphatic rings. The van der Waals surface area contributed by atoms with Crippen LogP contribution in [0.4, 0.5) is 11.6 Å². The Morgan fingerprint density at radius 2 is 2.00 bits per heavy atom. The number of hydrogen-bond donors (Lipinski definition) is 2. The fourth-order valence-electron chi connectivity index (χ4n) is 2.26. The van der Waals surface area contributed by atoms with Crippen LogP contribution in [0.25, 0.3) is 0 Å². The number of pyridine rings is 1. The fraction of sp³-hybridized carbons (Fsp3) is 0.267. The van der Waals surface area contributed by atoms with E-state index in [1.807, 2.05) is 36.4 Å². The van der Waals surface area contributed by atoms with Gasteiger partial charge in [0.15, 0.2) is 0 Å². The number of nitrogens with zero attached hydrogens (tertiary/aromatic N) is 1. The monoisotopic (exact) mass is 255 g/mol. The van der Waals surface area contributed by atoms with E-state index in [1.54, 1.807) is 0 Å². The highest BCUT2D eigenvalue weighted by Gasteiger charge is 2.23. The van der Waals surface area contributed by atoms with Gasteiger partial charge in [-0.3, -0.25) is 0 Å². The van der Waals surface area contributed by atoms with Crippen molar-refractivity contribution in [3.63, 3.8) is 0 Å². The third kappa shape index (κ3) is 2.47. The molecule has 0 spiro atoms. The summed E-state index contributed by atoms with van der Waals surface area (Å²) >= 11 is 0. The number of anilines is 2. The summed E-state index contributed by atoms with van der Waals surface area (Å²) in [4.78, 5) is 4.52. The lowest BCUT2D eigenvalue weighted by atomic mass is 10.1. The SMILES string of the molecule is CCNc1cccc(NC2COc3ccccc32)n1. The molecule has 2 heterocycles. The summed E-state index contributed by atoms with van der Waals surface area (Å²) in [7, 11) is 0. The zero-order chi connectivity index (χ0) is 13.1. The normalized spacial score (nSPS) is 16.6. The van der Waals surface area contributed by atoms with Crippen molar-refractivity contribution in [2.45, 2.75) is 13.0 Å². The molecule has 0 radical (unpaired) electrons. The standard InChI is InChI=1S/C15H17N3O/c1-2-16-14-8-5-9-15(18-14)17-12-10-19-13-7-4-3-6-11(12)13/h3-9,12H,2,10H2,1H3,(H2,16,17,18). The molecule has 0 saturated carbocycles. The van der Waals surface area contributed by atoms with Crippen molar-refractivity contribution >= 4 is 11.6 Å². The van der Waals surface area contributed by atoms with Crippen LogP contribution >= 0.6 is 0 Å². The number of nitrogens with one attached hydrogen (secondary N) is 2. The Morgan fingerprint density at radius 1 is 1.16 bits per heavy atom. The number of hydrogen-bond acceptors (Lipinski definition) is 4. The predicted molar refractivity (Wildman–Crippen MR) is 76.7 cm³/mol. The van der Waals surface area contributed by atoms with Gasteiger partial charge in [0, 0.05) is 12.1 Å². The van der Waals surface area contributed by atoms with E-state index in [-0.39, 0.29) is 6.04 Å². The summed E-state index contributed by atoms with van der Waals surface area (Å²) in [6.45, 7) is 3.57. The van der Waals surface area contributed by atoms with Crippen molar-refractivity contribution in [1.82, 2.24) is 4.98 Å². The molecular weight excluding hydrogens is 238 g/mol. The van der Waals surface area contributed by atoms with Crippen molar-refractivity contribution < 1.29 is 4.74 Å². The van der Waals surface area contributed by atoms with E-state index >= 15 is 0 Å². The average molecular weight is 255 g/mol. The van der Waals surface area contributed by atoms with Gasteiger partial charge in [-0.25, -0.2) is 4.98 Å². The predicted octanol–water partition coefficient (Wildman–Crippen LogP) is 3.06. The van der Waals surface area contributed by atoms with Crippen LogP contribution in [0.1, 0.15) is 18.5 Å². The molecule has 19 heavy (non-hydrogen) atoms. The molecule has 1 aromatic carbocycles. The maximum atomic E-state index is 5.66. The van der Waals surface area contributed by atoms with Crippen molar-refractivity contribution in [3.8, 4) is 5.75 Å². The maximum absolute atomic E-state index is 5.66. The Labute approximate surface area is 112 Å². The second kappa shape index (κ2) is 5.18. The van der Waals surface area contributed by atoms with E-state index in [2.05, 4.69) is 28.6 Å². The van der Waals surface area contributed by atoms with E-state index in [9.17, 15) is 0 Å². The highest BCUT2D eigenvalue weighted by atomic mass is 16.5. The first-order chi connectivity index (χ1) is 9.36. The molecule has 0 saturated heterocycles. The minimum atomic E-state index is 0.167. The Bertz CT molecular complexity index is 571. The van der Waals surface area contributed by atoms with Gasteiger partial charge in [-0.05, 0) is 25.1 Å². The fourth-order valence-corrected chi connectivity index (χ4v) is 2.26. The Kier molecular flexibility index (Phi) is 3.23. The Hall–Kier alpha value is -2.23. The molecule has 4 nitrogen and oxygen atoms in total. The summed E-state index contributed by atoms with van der Waals surface area (Å²) in [6.07, 6.45) is 0. The lowest BCUT2D eigenvalue weighted by Crippen LogP contribution is -2.13. The third-order valence-electron chi connectivity index (χ3n) is 3.13. The number of benzene rings is 1. The first kappa shape index (κ1) is 11.8. The summed E-state index contributed by atoms with van der Waals surface area (Å²) in [5.41, 5.74) is 1.19. The molecule has 1 aromatic heterocycles. The number of aromatic nitrogens is 1. The van der Waals surface area contributed by atoms with Gasteiger partial charge in [-0.1, -0.05) is 24.3 Å². The van der Waals surface area contributed by atoms with Crippen molar-refractivity contribution in [2.75, 3.05) is 23.8 Å². The second-order valence-electron chi connectivity index (χ2n) is 4.48. The van der Waals surface area contributed by atoms with E-state index in [4.69, 9.17) is 4.74 Å². The summed E-state index contributed by atoms with van der Waals surface area (Å²) < 4.78 is 5.66. The molecule has 2 aromatic rings. The highest BCUT2D eigenvalue weighted by molar-refractivity contribution is 5.49. The molecular formula is C15H17N3O. The quantitative estimate of drug-likeness (QED) is 0.881. The molecule has 0 aliphatic carbocycles. The second-order valence-corrected chi connectivity index (χ2v) is 4.48. The maximum Gasteiger partial charge on any atom is 0.128 e. The van der Waals surface area contributed by atoms with Gasteiger partial charge in [0.2, 0.25) is 0 Å². The van der Waals surface area contributed by atoms with Crippen LogP contribution in [-0.4, -0.2) is 18.1 Å². The minimum absolute atomic E-state index is 0.167. The smallest absolute Gasteiger partial charge is 0.128 e. The van der Waals surface area contributed by atoms with E-state index in [1.165, 1.54) is 5.56 Å². The first-order valence-corrected chi connectivity index (χ1v) is 6.56. The van der Waals surface area contributed by atoms with E-state index in [0.29, 0.717) is 6.61 Å². The molecule has 1 atom stereocenters. The van der Waals surface area contributed by atoms with Crippen LogP contribution in [0, 0.1) is 0 Å². The molecule has 4 heteroatoms. The average Bonchev–Trinajstić information content (AvgIpc) is 2.83. The van der Waals surface area contributed by atoms with Crippen molar-refractivity contribution in [2.24, 2.45) is 0 Å². The van der Waals surface area contributed by atoms with Crippen LogP contribution in [0.15, 0.2) is 42.5 Å².